The maximum absolute atomic E-state index is 6.30. The van der Waals surface area contributed by atoms with E-state index in [9.17, 15) is 0 Å². The Morgan fingerprint density at radius 1 is 1.42 bits per heavy atom. The quantitative estimate of drug-likeness (QED) is 0.919. The van der Waals surface area contributed by atoms with E-state index in [0.29, 0.717) is 11.0 Å². The first-order chi connectivity index (χ1) is 9.09. The average molecular weight is 280 g/mol. The Labute approximate surface area is 117 Å². The van der Waals surface area contributed by atoms with Crippen LogP contribution in [0.1, 0.15) is 19.8 Å². The third-order valence-corrected chi connectivity index (χ3v) is 4.29. The van der Waals surface area contributed by atoms with Crippen molar-refractivity contribution in [1.82, 2.24) is 9.55 Å². The predicted octanol–water partition coefficient (Wildman–Crippen LogP) is 3.09. The van der Waals surface area contributed by atoms with Crippen LogP contribution in [0.3, 0.4) is 0 Å². The molecule has 1 aliphatic heterocycles. The number of fused-ring (bicyclic) bond motifs is 1. The molecule has 19 heavy (non-hydrogen) atoms. The molecule has 1 fully saturated rings. The van der Waals surface area contributed by atoms with Crippen molar-refractivity contribution in [2.75, 3.05) is 18.9 Å². The summed E-state index contributed by atoms with van der Waals surface area (Å²) >= 11 is 6.30. The van der Waals surface area contributed by atoms with Crippen LogP contribution in [0, 0.1) is 5.41 Å². The maximum atomic E-state index is 6.30. The largest absolute Gasteiger partial charge is 0.381 e. The maximum Gasteiger partial charge on any atom is 0.201 e. The highest BCUT2D eigenvalue weighted by atomic mass is 35.5. The third-order valence-electron chi connectivity index (χ3n) is 3.99. The molecule has 1 saturated heterocycles. The molecule has 0 amide bonds. The monoisotopic (exact) mass is 279 g/mol. The minimum absolute atomic E-state index is 0.194. The molecular formula is C14H18ClN3O. The first-order valence-electron chi connectivity index (χ1n) is 6.57. The first-order valence-corrected chi connectivity index (χ1v) is 6.95. The molecule has 1 aromatic heterocycles. The second-order valence-corrected chi connectivity index (χ2v) is 5.99. The fraction of sp³-hybridized carbons (Fsp3) is 0.500. The zero-order valence-corrected chi connectivity index (χ0v) is 11.8. The van der Waals surface area contributed by atoms with E-state index in [1.54, 1.807) is 0 Å². The smallest absolute Gasteiger partial charge is 0.201 e. The molecule has 0 unspecified atom stereocenters. The number of nitrogen functional groups attached to an aromatic ring is 1. The van der Waals surface area contributed by atoms with E-state index in [2.05, 4.69) is 11.9 Å². The molecule has 3 rings (SSSR count). The fourth-order valence-corrected chi connectivity index (χ4v) is 3.00. The number of halogens is 1. The van der Waals surface area contributed by atoms with Crippen molar-refractivity contribution in [2.24, 2.45) is 5.41 Å². The average Bonchev–Trinajstić information content (AvgIpc) is 2.68. The molecule has 5 heteroatoms. The van der Waals surface area contributed by atoms with Crippen LogP contribution < -0.4 is 5.73 Å². The Balaban J connectivity index is 2.02. The summed E-state index contributed by atoms with van der Waals surface area (Å²) in [5.74, 6) is 0.538. The van der Waals surface area contributed by atoms with Gasteiger partial charge in [0, 0.05) is 19.8 Å². The van der Waals surface area contributed by atoms with Crippen LogP contribution in [0.2, 0.25) is 5.02 Å². The molecule has 2 heterocycles. The number of ether oxygens (including phenoxy) is 1. The summed E-state index contributed by atoms with van der Waals surface area (Å²) in [6.07, 6.45) is 2.08. The molecule has 0 bridgehead atoms. The number of imidazole rings is 1. The van der Waals surface area contributed by atoms with E-state index < -0.39 is 0 Å². The van der Waals surface area contributed by atoms with Gasteiger partial charge in [-0.25, -0.2) is 4.98 Å². The van der Waals surface area contributed by atoms with Crippen molar-refractivity contribution in [3.63, 3.8) is 0 Å². The molecule has 2 aromatic rings. The Morgan fingerprint density at radius 2 is 2.16 bits per heavy atom. The first kappa shape index (κ1) is 12.8. The molecule has 0 saturated carbocycles. The van der Waals surface area contributed by atoms with Gasteiger partial charge in [-0.1, -0.05) is 24.6 Å². The molecular weight excluding hydrogens is 262 g/mol. The van der Waals surface area contributed by atoms with Crippen LogP contribution in [-0.4, -0.2) is 22.8 Å². The van der Waals surface area contributed by atoms with Gasteiger partial charge >= 0.3 is 0 Å². The molecule has 2 N–H and O–H groups in total. The number of hydrogen-bond donors (Lipinski definition) is 1. The predicted molar refractivity (Wildman–Crippen MR) is 77.3 cm³/mol. The van der Waals surface area contributed by atoms with Crippen molar-refractivity contribution < 1.29 is 4.74 Å². The van der Waals surface area contributed by atoms with E-state index in [1.165, 1.54) is 0 Å². The summed E-state index contributed by atoms with van der Waals surface area (Å²) < 4.78 is 7.49. The number of benzene rings is 1. The van der Waals surface area contributed by atoms with Crippen LogP contribution in [0.4, 0.5) is 5.95 Å². The molecule has 0 aliphatic carbocycles. The molecule has 1 aromatic carbocycles. The summed E-state index contributed by atoms with van der Waals surface area (Å²) in [6, 6.07) is 5.73. The number of rotatable bonds is 2. The summed E-state index contributed by atoms with van der Waals surface area (Å²) in [5, 5.41) is 0.706. The van der Waals surface area contributed by atoms with Crippen molar-refractivity contribution in [3.8, 4) is 0 Å². The zero-order valence-electron chi connectivity index (χ0n) is 11.0. The Kier molecular flexibility index (Phi) is 3.15. The Hall–Kier alpha value is -1.26. The lowest BCUT2D eigenvalue weighted by Crippen LogP contribution is -2.31. The minimum Gasteiger partial charge on any atom is -0.381 e. The van der Waals surface area contributed by atoms with Gasteiger partial charge in [-0.15, -0.1) is 0 Å². The van der Waals surface area contributed by atoms with Gasteiger partial charge in [0.25, 0.3) is 0 Å². The number of hydrogen-bond acceptors (Lipinski definition) is 3. The highest BCUT2D eigenvalue weighted by Gasteiger charge is 2.29. The Morgan fingerprint density at radius 3 is 2.89 bits per heavy atom. The van der Waals surface area contributed by atoms with Gasteiger partial charge in [0.15, 0.2) is 0 Å². The number of nitrogens with zero attached hydrogens (tertiary/aromatic N) is 2. The van der Waals surface area contributed by atoms with Crippen LogP contribution in [0.5, 0.6) is 0 Å². The molecule has 0 spiro atoms. The van der Waals surface area contributed by atoms with Gasteiger partial charge in [0.05, 0.1) is 16.1 Å². The van der Waals surface area contributed by atoms with Crippen LogP contribution in [0.25, 0.3) is 11.0 Å². The normalized spacial score (nSPS) is 18.8. The molecule has 0 atom stereocenters. The molecule has 0 radical (unpaired) electrons. The van der Waals surface area contributed by atoms with Crippen LogP contribution in [0.15, 0.2) is 18.2 Å². The van der Waals surface area contributed by atoms with Gasteiger partial charge in [0.2, 0.25) is 5.95 Å². The van der Waals surface area contributed by atoms with Gasteiger partial charge in [0.1, 0.15) is 0 Å². The highest BCUT2D eigenvalue weighted by molar-refractivity contribution is 6.35. The van der Waals surface area contributed by atoms with Gasteiger partial charge in [-0.2, -0.15) is 0 Å². The highest BCUT2D eigenvalue weighted by Crippen LogP contribution is 2.35. The molecule has 1 aliphatic rings. The fourth-order valence-electron chi connectivity index (χ4n) is 2.72. The van der Waals surface area contributed by atoms with Crippen molar-refractivity contribution in [3.05, 3.63) is 23.2 Å². The SMILES string of the molecule is CC1(Cn2c(N)nc3cccc(Cl)c32)CCOCC1. The Bertz CT molecular complexity index is 602. The summed E-state index contributed by atoms with van der Waals surface area (Å²) in [7, 11) is 0. The van der Waals surface area contributed by atoms with Gasteiger partial charge in [-0.3, -0.25) is 0 Å². The topological polar surface area (TPSA) is 53.1 Å². The lowest BCUT2D eigenvalue weighted by atomic mass is 9.82. The van der Waals surface area contributed by atoms with E-state index in [0.717, 1.165) is 43.6 Å². The number of anilines is 1. The summed E-state index contributed by atoms with van der Waals surface area (Å²) in [5.41, 5.74) is 8.05. The van der Waals surface area contributed by atoms with E-state index in [4.69, 9.17) is 22.1 Å². The van der Waals surface area contributed by atoms with Gasteiger partial charge < -0.3 is 15.0 Å². The van der Waals surface area contributed by atoms with E-state index >= 15 is 0 Å². The second-order valence-electron chi connectivity index (χ2n) is 5.59. The van der Waals surface area contributed by atoms with Crippen molar-refractivity contribution in [1.29, 1.82) is 0 Å². The summed E-state index contributed by atoms with van der Waals surface area (Å²) in [6.45, 7) is 4.74. The standard InChI is InChI=1S/C14H18ClN3O/c1-14(5-7-19-8-6-14)9-18-12-10(15)3-2-4-11(12)17-13(18)16/h2-4H,5-9H2,1H3,(H2,16,17). The van der Waals surface area contributed by atoms with Crippen LogP contribution >= 0.6 is 11.6 Å². The van der Waals surface area contributed by atoms with Gasteiger partial charge in [-0.05, 0) is 30.4 Å². The lowest BCUT2D eigenvalue weighted by Gasteiger charge is -2.34. The number of aromatic nitrogens is 2. The lowest BCUT2D eigenvalue weighted by molar-refractivity contribution is 0.0163. The summed E-state index contributed by atoms with van der Waals surface area (Å²) in [4.78, 5) is 4.40. The van der Waals surface area contributed by atoms with E-state index in [-0.39, 0.29) is 5.41 Å². The van der Waals surface area contributed by atoms with E-state index in [1.807, 2.05) is 22.8 Å². The van der Waals surface area contributed by atoms with Crippen LogP contribution in [-0.2, 0) is 11.3 Å². The number of para-hydroxylation sites is 1. The second kappa shape index (κ2) is 4.69. The zero-order chi connectivity index (χ0) is 13.5. The minimum atomic E-state index is 0.194. The molecule has 4 nitrogen and oxygen atoms in total. The molecule has 102 valence electrons. The third kappa shape index (κ3) is 2.30. The van der Waals surface area contributed by atoms with Crippen molar-refractivity contribution >= 4 is 28.6 Å². The number of nitrogens with two attached hydrogens (primary N) is 1. The van der Waals surface area contributed by atoms with Crippen molar-refractivity contribution in [2.45, 2.75) is 26.3 Å².